The molecule has 0 atom stereocenters. The third-order valence-corrected chi connectivity index (χ3v) is 1.74. The van der Waals surface area contributed by atoms with Gasteiger partial charge in [-0.15, -0.1) is 10.2 Å². The number of tetrazole rings is 1. The number of ketones is 1. The molecule has 76 valence electrons. The molecule has 0 N–H and O–H groups in total. The zero-order chi connectivity index (χ0) is 10.7. The van der Waals surface area contributed by atoms with Gasteiger partial charge < -0.3 is 0 Å². The standard InChI is InChI=1S/C8H8N6O/c1-14-12-8(11-13-14)4-7(15)6-2-3-9-5-10-6/h2-3,5H,4H2,1H3. The molecule has 0 radical (unpaired) electrons. The molecule has 0 unspecified atom stereocenters. The van der Waals surface area contributed by atoms with Gasteiger partial charge >= 0.3 is 0 Å². The normalized spacial score (nSPS) is 10.2. The van der Waals surface area contributed by atoms with Gasteiger partial charge in [0, 0.05) is 6.20 Å². The maximum Gasteiger partial charge on any atom is 0.189 e. The van der Waals surface area contributed by atoms with Gasteiger partial charge in [-0.25, -0.2) is 9.97 Å². The van der Waals surface area contributed by atoms with Gasteiger partial charge in [0.2, 0.25) is 0 Å². The average molecular weight is 204 g/mol. The summed E-state index contributed by atoms with van der Waals surface area (Å²) >= 11 is 0. The first-order chi connectivity index (χ1) is 7.25. The largest absolute Gasteiger partial charge is 0.292 e. The van der Waals surface area contributed by atoms with E-state index in [9.17, 15) is 4.79 Å². The first-order valence-corrected chi connectivity index (χ1v) is 4.28. The zero-order valence-corrected chi connectivity index (χ0v) is 8.03. The number of aryl methyl sites for hydroxylation is 1. The van der Waals surface area contributed by atoms with Crippen molar-refractivity contribution in [1.82, 2.24) is 30.2 Å². The fourth-order valence-corrected chi connectivity index (χ4v) is 1.08. The molecule has 0 saturated heterocycles. The van der Waals surface area contributed by atoms with E-state index in [2.05, 4.69) is 25.4 Å². The Balaban J connectivity index is 2.11. The number of rotatable bonds is 3. The molecular formula is C8H8N6O. The number of Topliss-reactive ketones (excluding diaryl/α,β-unsaturated/α-hetero) is 1. The predicted molar refractivity (Wildman–Crippen MR) is 48.9 cm³/mol. The van der Waals surface area contributed by atoms with Crippen LogP contribution in [-0.4, -0.2) is 36.0 Å². The molecule has 7 nitrogen and oxygen atoms in total. The highest BCUT2D eigenvalue weighted by Crippen LogP contribution is 1.98. The van der Waals surface area contributed by atoms with E-state index in [1.54, 1.807) is 13.1 Å². The Morgan fingerprint density at radius 3 is 3.00 bits per heavy atom. The van der Waals surface area contributed by atoms with E-state index < -0.39 is 0 Å². The Morgan fingerprint density at radius 1 is 1.53 bits per heavy atom. The summed E-state index contributed by atoms with van der Waals surface area (Å²) in [6.45, 7) is 0. The lowest BCUT2D eigenvalue weighted by atomic mass is 10.2. The number of hydrogen-bond donors (Lipinski definition) is 0. The number of carbonyl (C=O) groups is 1. The topological polar surface area (TPSA) is 86.5 Å². The van der Waals surface area contributed by atoms with Crippen LogP contribution in [0.4, 0.5) is 0 Å². The van der Waals surface area contributed by atoms with Gasteiger partial charge in [-0.2, -0.15) is 4.80 Å². The van der Waals surface area contributed by atoms with Gasteiger partial charge in [-0.1, -0.05) is 0 Å². The van der Waals surface area contributed by atoms with E-state index in [0.29, 0.717) is 11.5 Å². The Bertz CT molecular complexity index is 465. The molecule has 2 rings (SSSR count). The first kappa shape index (κ1) is 9.38. The van der Waals surface area contributed by atoms with E-state index in [4.69, 9.17) is 0 Å². The van der Waals surface area contributed by atoms with E-state index >= 15 is 0 Å². The Kier molecular flexibility index (Phi) is 2.44. The zero-order valence-electron chi connectivity index (χ0n) is 8.03. The minimum Gasteiger partial charge on any atom is -0.292 e. The lowest BCUT2D eigenvalue weighted by molar-refractivity contribution is 0.0986. The second kappa shape index (κ2) is 3.91. The van der Waals surface area contributed by atoms with E-state index in [1.165, 1.54) is 17.3 Å². The van der Waals surface area contributed by atoms with Gasteiger partial charge in [0.25, 0.3) is 0 Å². The van der Waals surface area contributed by atoms with Crippen molar-refractivity contribution < 1.29 is 4.79 Å². The van der Waals surface area contributed by atoms with Crippen LogP contribution >= 0.6 is 0 Å². The fourth-order valence-electron chi connectivity index (χ4n) is 1.08. The van der Waals surface area contributed by atoms with Crippen LogP contribution in [-0.2, 0) is 13.5 Å². The molecule has 0 aliphatic rings. The van der Waals surface area contributed by atoms with Crippen LogP contribution in [0.15, 0.2) is 18.6 Å². The highest BCUT2D eigenvalue weighted by atomic mass is 16.1. The van der Waals surface area contributed by atoms with Crippen molar-refractivity contribution in [3.05, 3.63) is 30.1 Å². The molecular weight excluding hydrogens is 196 g/mol. The van der Waals surface area contributed by atoms with Crippen LogP contribution in [0.5, 0.6) is 0 Å². The van der Waals surface area contributed by atoms with Gasteiger partial charge in [0.1, 0.15) is 12.0 Å². The molecule has 0 amide bonds. The average Bonchev–Trinajstić information content (AvgIpc) is 2.65. The molecule has 0 saturated carbocycles. The molecule has 2 aromatic heterocycles. The van der Waals surface area contributed by atoms with Crippen LogP contribution in [0.2, 0.25) is 0 Å². The second-order valence-electron chi connectivity index (χ2n) is 2.89. The van der Waals surface area contributed by atoms with Crippen molar-refractivity contribution in [2.75, 3.05) is 0 Å². The van der Waals surface area contributed by atoms with Gasteiger partial charge in [0.05, 0.1) is 13.5 Å². The molecule has 0 fully saturated rings. The summed E-state index contributed by atoms with van der Waals surface area (Å²) in [6.07, 6.45) is 2.95. The SMILES string of the molecule is Cn1nnc(CC(=O)c2ccncn2)n1. The third kappa shape index (κ3) is 2.19. The van der Waals surface area contributed by atoms with Crippen molar-refractivity contribution >= 4 is 5.78 Å². The predicted octanol–water partition coefficient (Wildman–Crippen LogP) is -0.575. The summed E-state index contributed by atoms with van der Waals surface area (Å²) in [7, 11) is 1.64. The first-order valence-electron chi connectivity index (χ1n) is 4.28. The lowest BCUT2D eigenvalue weighted by Gasteiger charge is -1.94. The summed E-state index contributed by atoms with van der Waals surface area (Å²) in [5, 5.41) is 11.3. The summed E-state index contributed by atoms with van der Waals surface area (Å²) in [4.78, 5) is 20.5. The van der Waals surface area contributed by atoms with Gasteiger partial charge in [-0.3, -0.25) is 4.79 Å². The van der Waals surface area contributed by atoms with E-state index in [0.717, 1.165) is 0 Å². The smallest absolute Gasteiger partial charge is 0.189 e. The lowest BCUT2D eigenvalue weighted by Crippen LogP contribution is -2.07. The molecule has 15 heavy (non-hydrogen) atoms. The van der Waals surface area contributed by atoms with E-state index in [-0.39, 0.29) is 12.2 Å². The monoisotopic (exact) mass is 204 g/mol. The van der Waals surface area contributed by atoms with Gasteiger partial charge in [-0.05, 0) is 11.3 Å². The molecule has 0 spiro atoms. The molecule has 0 aromatic carbocycles. The highest BCUT2D eigenvalue weighted by Gasteiger charge is 2.11. The minimum atomic E-state index is -0.148. The third-order valence-electron chi connectivity index (χ3n) is 1.74. The Labute approximate surface area is 85.2 Å². The number of nitrogens with zero attached hydrogens (tertiary/aromatic N) is 6. The number of hydrogen-bond acceptors (Lipinski definition) is 6. The molecule has 7 heteroatoms. The van der Waals surface area contributed by atoms with Crippen molar-refractivity contribution in [1.29, 1.82) is 0 Å². The van der Waals surface area contributed by atoms with Gasteiger partial charge in [0.15, 0.2) is 11.6 Å². The Hall–Kier alpha value is -2.18. The number of aromatic nitrogens is 6. The maximum absolute atomic E-state index is 11.6. The minimum absolute atomic E-state index is 0.102. The van der Waals surface area contributed by atoms with Crippen molar-refractivity contribution in [2.24, 2.45) is 7.05 Å². The van der Waals surface area contributed by atoms with Crippen LogP contribution in [0.3, 0.4) is 0 Å². The van der Waals surface area contributed by atoms with Crippen LogP contribution in [0.1, 0.15) is 16.3 Å². The summed E-state index contributed by atoms with van der Waals surface area (Å²) in [5.74, 6) is 0.242. The molecule has 2 aromatic rings. The van der Waals surface area contributed by atoms with Crippen LogP contribution < -0.4 is 0 Å². The number of carbonyl (C=O) groups excluding carboxylic acids is 1. The summed E-state index contributed by atoms with van der Waals surface area (Å²) in [5.41, 5.74) is 0.359. The quantitative estimate of drug-likeness (QED) is 0.622. The highest BCUT2D eigenvalue weighted by molar-refractivity contribution is 5.95. The summed E-state index contributed by atoms with van der Waals surface area (Å²) in [6, 6.07) is 1.55. The summed E-state index contributed by atoms with van der Waals surface area (Å²) < 4.78 is 0. The van der Waals surface area contributed by atoms with E-state index in [1.807, 2.05) is 0 Å². The van der Waals surface area contributed by atoms with Crippen molar-refractivity contribution in [2.45, 2.75) is 6.42 Å². The molecule has 0 aliphatic carbocycles. The fraction of sp³-hybridized carbons (Fsp3) is 0.250. The van der Waals surface area contributed by atoms with Crippen LogP contribution in [0.25, 0.3) is 0 Å². The van der Waals surface area contributed by atoms with Crippen molar-refractivity contribution in [3.63, 3.8) is 0 Å². The Morgan fingerprint density at radius 2 is 2.40 bits per heavy atom. The van der Waals surface area contributed by atoms with Crippen LogP contribution in [0, 0.1) is 0 Å². The second-order valence-corrected chi connectivity index (χ2v) is 2.89. The van der Waals surface area contributed by atoms with Crippen molar-refractivity contribution in [3.8, 4) is 0 Å². The molecule has 0 bridgehead atoms. The molecule has 2 heterocycles. The molecule has 0 aliphatic heterocycles. The maximum atomic E-state index is 11.6.